The van der Waals surface area contributed by atoms with Gasteiger partial charge in [0.1, 0.15) is 18.2 Å². The van der Waals surface area contributed by atoms with Gasteiger partial charge in [0, 0.05) is 17.9 Å². The molecule has 0 bridgehead atoms. The molecule has 0 aliphatic carbocycles. The van der Waals surface area contributed by atoms with Crippen LogP contribution in [-0.4, -0.2) is 47.6 Å². The molecule has 3 aromatic rings. The van der Waals surface area contributed by atoms with Crippen LogP contribution in [0.5, 0.6) is 11.5 Å². The number of imide groups is 1. The Balaban J connectivity index is 1.61. The maximum atomic E-state index is 14.6. The molecule has 12 heteroatoms. The van der Waals surface area contributed by atoms with E-state index in [1.807, 2.05) is 0 Å². The van der Waals surface area contributed by atoms with Crippen LogP contribution in [0.3, 0.4) is 0 Å². The van der Waals surface area contributed by atoms with Crippen molar-refractivity contribution in [3.63, 3.8) is 0 Å². The highest BCUT2D eigenvalue weighted by molar-refractivity contribution is 6.42. The van der Waals surface area contributed by atoms with E-state index in [2.05, 4.69) is 32.5 Å². The van der Waals surface area contributed by atoms with E-state index in [-0.39, 0.29) is 21.8 Å². The zero-order chi connectivity index (χ0) is 25.8. The molecule has 36 heavy (non-hydrogen) atoms. The first-order valence-electron chi connectivity index (χ1n) is 10.9. The SMILES string of the molecule is C=CC(=O)NC(=O)[C@H]1C[C@H](Oc2cc3c(Nc4ccc(Cl)c(Cl)c4F)ncnc3cc2OC)CCN1. The standard InChI is InChI=1S/C24H22Cl2FN5O4/c1-3-20(33)32-24(34)17-8-12(6-7-28-17)36-19-9-13-16(10-18(19)35-2)29-11-30-23(13)31-15-5-4-14(25)21(26)22(15)27/h3-5,9-12,17,28H,1,6-8H2,2H3,(H,29,30,31)(H,32,33,34)/t12-,17-/m1/s1. The summed E-state index contributed by atoms with van der Waals surface area (Å²) in [7, 11) is 1.50. The van der Waals surface area contributed by atoms with Gasteiger partial charge in [-0.1, -0.05) is 29.8 Å². The Morgan fingerprint density at radius 1 is 1.25 bits per heavy atom. The van der Waals surface area contributed by atoms with Gasteiger partial charge < -0.3 is 20.1 Å². The summed E-state index contributed by atoms with van der Waals surface area (Å²) in [4.78, 5) is 32.4. The summed E-state index contributed by atoms with van der Waals surface area (Å²) in [6, 6.07) is 5.68. The van der Waals surface area contributed by atoms with Gasteiger partial charge in [0.25, 0.3) is 0 Å². The summed E-state index contributed by atoms with van der Waals surface area (Å²) in [5, 5.41) is 8.70. The molecule has 0 radical (unpaired) electrons. The fourth-order valence-corrected chi connectivity index (χ4v) is 4.10. The van der Waals surface area contributed by atoms with E-state index in [0.717, 1.165) is 6.08 Å². The van der Waals surface area contributed by atoms with Gasteiger partial charge >= 0.3 is 0 Å². The molecule has 1 saturated heterocycles. The van der Waals surface area contributed by atoms with Gasteiger partial charge in [-0.25, -0.2) is 14.4 Å². The molecule has 2 atom stereocenters. The summed E-state index contributed by atoms with van der Waals surface area (Å²) in [5.74, 6) is -0.605. The number of halogens is 3. The van der Waals surface area contributed by atoms with Gasteiger partial charge in [-0.3, -0.25) is 14.9 Å². The summed E-state index contributed by atoms with van der Waals surface area (Å²) in [5.41, 5.74) is 0.617. The van der Waals surface area contributed by atoms with Gasteiger partial charge in [-0.2, -0.15) is 0 Å². The molecule has 1 aliphatic heterocycles. The van der Waals surface area contributed by atoms with Crippen LogP contribution in [-0.2, 0) is 9.59 Å². The number of ether oxygens (including phenoxy) is 2. The smallest absolute Gasteiger partial charge is 0.249 e. The van der Waals surface area contributed by atoms with Gasteiger partial charge in [0.05, 0.1) is 34.4 Å². The number of nitrogens with zero attached hydrogens (tertiary/aromatic N) is 2. The molecule has 1 fully saturated rings. The molecule has 2 heterocycles. The lowest BCUT2D eigenvalue weighted by Crippen LogP contribution is -2.52. The Morgan fingerprint density at radius 3 is 2.81 bits per heavy atom. The second-order valence-corrected chi connectivity index (χ2v) is 8.70. The summed E-state index contributed by atoms with van der Waals surface area (Å²) in [6.45, 7) is 3.86. The molecule has 1 aromatic heterocycles. The number of anilines is 2. The van der Waals surface area contributed by atoms with Gasteiger partial charge in [0.2, 0.25) is 11.8 Å². The number of hydrogen-bond acceptors (Lipinski definition) is 8. The number of carbonyl (C=O) groups is 2. The molecule has 0 unspecified atom stereocenters. The predicted molar refractivity (Wildman–Crippen MR) is 135 cm³/mol. The molecule has 3 N–H and O–H groups in total. The van der Waals surface area contributed by atoms with Crippen molar-refractivity contribution in [3.8, 4) is 11.5 Å². The Bertz CT molecular complexity index is 1340. The van der Waals surface area contributed by atoms with Crippen LogP contribution in [0.25, 0.3) is 10.9 Å². The number of nitrogens with one attached hydrogen (secondary N) is 3. The van der Waals surface area contributed by atoms with Crippen molar-refractivity contribution in [2.75, 3.05) is 19.0 Å². The summed E-state index contributed by atoms with van der Waals surface area (Å²) >= 11 is 11.8. The lowest BCUT2D eigenvalue weighted by atomic mass is 10.0. The zero-order valence-corrected chi connectivity index (χ0v) is 20.6. The third-order valence-corrected chi connectivity index (χ3v) is 6.39. The van der Waals surface area contributed by atoms with Crippen molar-refractivity contribution in [1.82, 2.24) is 20.6 Å². The van der Waals surface area contributed by atoms with E-state index in [9.17, 15) is 14.0 Å². The number of aromatic nitrogens is 2. The number of fused-ring (bicyclic) bond motifs is 1. The monoisotopic (exact) mass is 533 g/mol. The van der Waals surface area contributed by atoms with E-state index < -0.39 is 23.7 Å². The largest absolute Gasteiger partial charge is 0.493 e. The first-order chi connectivity index (χ1) is 17.3. The maximum Gasteiger partial charge on any atom is 0.249 e. The Hall–Kier alpha value is -3.47. The van der Waals surface area contributed by atoms with Gasteiger partial charge in [-0.15, -0.1) is 0 Å². The minimum absolute atomic E-state index is 0.0870. The highest BCUT2D eigenvalue weighted by atomic mass is 35.5. The van der Waals surface area contributed by atoms with E-state index in [0.29, 0.717) is 47.6 Å². The van der Waals surface area contributed by atoms with Gasteiger partial charge in [-0.05, 0) is 37.2 Å². The molecular formula is C24H22Cl2FN5O4. The third kappa shape index (κ3) is 5.51. The lowest BCUT2D eigenvalue weighted by molar-refractivity contribution is -0.130. The molecule has 188 valence electrons. The highest BCUT2D eigenvalue weighted by Gasteiger charge is 2.29. The number of rotatable bonds is 7. The Labute approximate surface area is 216 Å². The second-order valence-electron chi connectivity index (χ2n) is 7.92. The van der Waals surface area contributed by atoms with E-state index in [4.69, 9.17) is 32.7 Å². The molecular weight excluding hydrogens is 512 g/mol. The normalized spacial score (nSPS) is 17.3. The number of benzene rings is 2. The fourth-order valence-electron chi connectivity index (χ4n) is 3.79. The van der Waals surface area contributed by atoms with E-state index in [1.165, 1.54) is 25.6 Å². The average Bonchev–Trinajstić information content (AvgIpc) is 2.89. The van der Waals surface area contributed by atoms with Crippen LogP contribution < -0.4 is 25.4 Å². The molecule has 2 aromatic carbocycles. The minimum atomic E-state index is -0.713. The van der Waals surface area contributed by atoms with Gasteiger partial charge in [0.15, 0.2) is 17.3 Å². The molecule has 0 spiro atoms. The van der Waals surface area contributed by atoms with Crippen LogP contribution in [0, 0.1) is 5.82 Å². The fraction of sp³-hybridized carbons (Fsp3) is 0.250. The first kappa shape index (κ1) is 25.6. The third-order valence-electron chi connectivity index (χ3n) is 5.61. The van der Waals surface area contributed by atoms with Crippen LogP contribution in [0.1, 0.15) is 12.8 Å². The predicted octanol–water partition coefficient (Wildman–Crippen LogP) is 4.16. The van der Waals surface area contributed by atoms with Crippen molar-refractivity contribution < 1.29 is 23.5 Å². The average molecular weight is 534 g/mol. The number of carbonyl (C=O) groups excluding carboxylic acids is 2. The molecule has 0 saturated carbocycles. The zero-order valence-electron chi connectivity index (χ0n) is 19.1. The van der Waals surface area contributed by atoms with Crippen molar-refractivity contribution >= 4 is 57.4 Å². The number of amides is 2. The molecule has 2 amide bonds. The van der Waals surface area contributed by atoms with Crippen molar-refractivity contribution in [3.05, 3.63) is 59.1 Å². The molecule has 4 rings (SSSR count). The van der Waals surface area contributed by atoms with Crippen molar-refractivity contribution in [2.24, 2.45) is 0 Å². The number of piperidine rings is 1. The Kier molecular flexibility index (Phi) is 7.88. The highest BCUT2D eigenvalue weighted by Crippen LogP contribution is 2.37. The van der Waals surface area contributed by atoms with Crippen LogP contribution >= 0.6 is 23.2 Å². The maximum absolute atomic E-state index is 14.6. The topological polar surface area (TPSA) is 114 Å². The number of hydrogen-bond donors (Lipinski definition) is 3. The number of methoxy groups -OCH3 is 1. The summed E-state index contributed by atoms with van der Waals surface area (Å²) in [6.07, 6.45) is 2.96. The second kappa shape index (κ2) is 11.1. The quantitative estimate of drug-likeness (QED) is 0.306. The van der Waals surface area contributed by atoms with E-state index >= 15 is 0 Å². The molecule has 9 nitrogen and oxygen atoms in total. The summed E-state index contributed by atoms with van der Waals surface area (Å²) < 4.78 is 26.3. The van der Waals surface area contributed by atoms with Crippen molar-refractivity contribution in [1.29, 1.82) is 0 Å². The van der Waals surface area contributed by atoms with Crippen LogP contribution in [0.4, 0.5) is 15.9 Å². The van der Waals surface area contributed by atoms with Crippen LogP contribution in [0.2, 0.25) is 10.0 Å². The van der Waals surface area contributed by atoms with E-state index in [1.54, 1.807) is 12.1 Å². The van der Waals surface area contributed by atoms with Crippen molar-refractivity contribution in [2.45, 2.75) is 25.0 Å². The Morgan fingerprint density at radius 2 is 2.06 bits per heavy atom. The lowest BCUT2D eigenvalue weighted by Gasteiger charge is -2.30. The van der Waals surface area contributed by atoms with Crippen LogP contribution in [0.15, 0.2) is 43.2 Å². The minimum Gasteiger partial charge on any atom is -0.493 e. The first-order valence-corrected chi connectivity index (χ1v) is 11.7. The molecule has 1 aliphatic rings.